The van der Waals surface area contributed by atoms with Gasteiger partial charge in [-0.2, -0.15) is 0 Å². The van der Waals surface area contributed by atoms with Crippen molar-refractivity contribution in [2.45, 2.75) is 31.5 Å². The van der Waals surface area contributed by atoms with Gasteiger partial charge in [-0.15, -0.1) is 0 Å². The van der Waals surface area contributed by atoms with Crippen molar-refractivity contribution in [2.75, 3.05) is 33.8 Å². The van der Waals surface area contributed by atoms with E-state index in [-0.39, 0.29) is 11.5 Å². The molecule has 5 heteroatoms. The summed E-state index contributed by atoms with van der Waals surface area (Å²) in [6.07, 6.45) is 2.60. The molecule has 3 heterocycles. The normalized spacial score (nSPS) is 34.4. The van der Waals surface area contributed by atoms with Gasteiger partial charge in [-0.1, -0.05) is 6.07 Å². The Labute approximate surface area is 143 Å². The van der Waals surface area contributed by atoms with Crippen molar-refractivity contribution in [1.82, 2.24) is 10.2 Å². The molecule has 5 nitrogen and oxygen atoms in total. The molecule has 4 rings (SSSR count). The number of rotatable bonds is 4. The molecular formula is C19H26N2O3. The molecule has 1 aromatic carbocycles. The second-order valence-corrected chi connectivity index (χ2v) is 7.64. The van der Waals surface area contributed by atoms with Crippen LogP contribution in [0.5, 0.6) is 5.75 Å². The molecule has 4 atom stereocenters. The number of methoxy groups -OCH3 is 1. The Kier molecular flexibility index (Phi) is 3.81. The van der Waals surface area contributed by atoms with Crippen molar-refractivity contribution in [3.05, 3.63) is 29.3 Å². The van der Waals surface area contributed by atoms with Crippen LogP contribution in [0.3, 0.4) is 0 Å². The average molecular weight is 330 g/mol. The van der Waals surface area contributed by atoms with E-state index in [1.165, 1.54) is 6.42 Å². The number of fused-ring (bicyclic) bond motifs is 1. The number of likely N-dealkylation sites (N-methyl/N-ethyl adjacent to an activating group) is 1. The summed E-state index contributed by atoms with van der Waals surface area (Å²) in [6, 6.07) is 5.68. The van der Waals surface area contributed by atoms with Crippen LogP contribution in [0.1, 0.15) is 28.8 Å². The van der Waals surface area contributed by atoms with E-state index in [1.54, 1.807) is 7.11 Å². The molecule has 0 aliphatic carbocycles. The van der Waals surface area contributed by atoms with Crippen LogP contribution in [0.15, 0.2) is 18.2 Å². The van der Waals surface area contributed by atoms with Gasteiger partial charge in [-0.05, 0) is 44.5 Å². The van der Waals surface area contributed by atoms with Gasteiger partial charge in [0, 0.05) is 31.5 Å². The molecule has 0 radical (unpaired) electrons. The zero-order valence-electron chi connectivity index (χ0n) is 14.7. The highest BCUT2D eigenvalue weighted by Gasteiger charge is 2.62. The predicted octanol–water partition coefficient (Wildman–Crippen LogP) is 1.84. The third-order valence-electron chi connectivity index (χ3n) is 6.05. The van der Waals surface area contributed by atoms with Gasteiger partial charge < -0.3 is 19.7 Å². The Morgan fingerprint density at radius 1 is 1.50 bits per heavy atom. The summed E-state index contributed by atoms with van der Waals surface area (Å²) in [4.78, 5) is 15.0. The highest BCUT2D eigenvalue weighted by Crippen LogP contribution is 2.54. The molecule has 1 N–H and O–H groups in total. The van der Waals surface area contributed by atoms with Crippen LogP contribution in [-0.2, 0) is 4.74 Å². The molecular weight excluding hydrogens is 304 g/mol. The van der Waals surface area contributed by atoms with E-state index in [2.05, 4.69) is 17.3 Å². The van der Waals surface area contributed by atoms with Crippen LogP contribution in [0.4, 0.5) is 0 Å². The van der Waals surface area contributed by atoms with E-state index in [0.29, 0.717) is 35.8 Å². The zero-order valence-corrected chi connectivity index (χ0v) is 14.7. The van der Waals surface area contributed by atoms with E-state index in [9.17, 15) is 4.79 Å². The number of ether oxygens (including phenoxy) is 2. The van der Waals surface area contributed by atoms with Crippen LogP contribution >= 0.6 is 0 Å². The fourth-order valence-corrected chi connectivity index (χ4v) is 4.99. The lowest BCUT2D eigenvalue weighted by molar-refractivity contribution is 0.00472. The summed E-state index contributed by atoms with van der Waals surface area (Å²) in [5, 5.41) is 3.13. The molecule has 0 aromatic heterocycles. The van der Waals surface area contributed by atoms with Gasteiger partial charge in [0.15, 0.2) is 0 Å². The van der Waals surface area contributed by atoms with Crippen LogP contribution in [0.25, 0.3) is 0 Å². The smallest absolute Gasteiger partial charge is 0.255 e. The summed E-state index contributed by atoms with van der Waals surface area (Å²) in [5.74, 6) is 1.54. The lowest BCUT2D eigenvalue weighted by Gasteiger charge is -2.29. The Morgan fingerprint density at radius 2 is 2.33 bits per heavy atom. The quantitative estimate of drug-likeness (QED) is 0.915. The maximum absolute atomic E-state index is 12.6. The molecule has 0 unspecified atom stereocenters. The second kappa shape index (κ2) is 5.74. The van der Waals surface area contributed by atoms with Crippen LogP contribution in [-0.4, -0.2) is 56.3 Å². The van der Waals surface area contributed by atoms with E-state index < -0.39 is 0 Å². The van der Waals surface area contributed by atoms with E-state index in [1.807, 2.05) is 25.1 Å². The number of carbonyl (C=O) groups is 1. The zero-order chi connectivity index (χ0) is 16.9. The minimum Gasteiger partial charge on any atom is -0.496 e. The summed E-state index contributed by atoms with van der Waals surface area (Å²) in [6.45, 7) is 4.78. The summed E-state index contributed by atoms with van der Waals surface area (Å²) >= 11 is 0. The molecule has 3 aliphatic rings. The number of amides is 1. The van der Waals surface area contributed by atoms with Gasteiger partial charge in [0.25, 0.3) is 5.91 Å². The first-order chi connectivity index (χ1) is 11.5. The van der Waals surface area contributed by atoms with Crippen molar-refractivity contribution >= 4 is 5.91 Å². The number of aryl methyl sites for hydroxylation is 1. The average Bonchev–Trinajstić information content (AvgIpc) is 3.19. The summed E-state index contributed by atoms with van der Waals surface area (Å²) < 4.78 is 11.7. The largest absolute Gasteiger partial charge is 0.496 e. The Morgan fingerprint density at radius 3 is 3.12 bits per heavy atom. The SMILES string of the molecule is COc1cc(C)ccc1C(=O)NC[C@H]1[C@H]2CN(C)C[C@]23CC[C@H]1O3. The number of nitrogens with one attached hydrogen (secondary N) is 1. The molecule has 1 aromatic rings. The number of likely N-dealkylation sites (tertiary alicyclic amines) is 1. The maximum Gasteiger partial charge on any atom is 0.255 e. The van der Waals surface area contributed by atoms with Crippen LogP contribution < -0.4 is 10.1 Å². The molecule has 1 spiro atoms. The van der Waals surface area contributed by atoms with Crippen molar-refractivity contribution in [3.8, 4) is 5.75 Å². The lowest BCUT2D eigenvalue weighted by atomic mass is 9.73. The molecule has 3 fully saturated rings. The highest BCUT2D eigenvalue weighted by molar-refractivity contribution is 5.97. The van der Waals surface area contributed by atoms with E-state index in [4.69, 9.17) is 9.47 Å². The first-order valence-corrected chi connectivity index (χ1v) is 8.81. The highest BCUT2D eigenvalue weighted by atomic mass is 16.5. The standard InChI is InChI=1S/C19H26N2O3/c1-12-4-5-13(17(8-12)23-3)18(22)20-9-14-15-10-21(2)11-19(15)7-6-16(14)24-19/h4-5,8,14-16H,6-7,9-11H2,1-3H3,(H,20,22)/t14-,15+,16+,19+/m0/s1. The van der Waals surface area contributed by atoms with Crippen molar-refractivity contribution < 1.29 is 14.3 Å². The fraction of sp³-hybridized carbons (Fsp3) is 0.632. The van der Waals surface area contributed by atoms with Crippen molar-refractivity contribution in [2.24, 2.45) is 11.8 Å². The molecule has 3 aliphatic heterocycles. The van der Waals surface area contributed by atoms with Crippen LogP contribution in [0, 0.1) is 18.8 Å². The molecule has 0 saturated carbocycles. The third-order valence-corrected chi connectivity index (χ3v) is 6.05. The van der Waals surface area contributed by atoms with E-state index in [0.717, 1.165) is 25.1 Å². The number of hydrogen-bond acceptors (Lipinski definition) is 4. The summed E-state index contributed by atoms with van der Waals surface area (Å²) in [7, 11) is 3.77. The van der Waals surface area contributed by atoms with Gasteiger partial charge in [0.05, 0.1) is 24.4 Å². The van der Waals surface area contributed by atoms with Crippen molar-refractivity contribution in [1.29, 1.82) is 0 Å². The fourth-order valence-electron chi connectivity index (χ4n) is 4.99. The number of benzene rings is 1. The van der Waals surface area contributed by atoms with Gasteiger partial charge in [0.2, 0.25) is 0 Å². The first kappa shape index (κ1) is 15.9. The van der Waals surface area contributed by atoms with E-state index >= 15 is 0 Å². The Bertz CT molecular complexity index is 662. The monoisotopic (exact) mass is 330 g/mol. The van der Waals surface area contributed by atoms with Crippen molar-refractivity contribution in [3.63, 3.8) is 0 Å². The topological polar surface area (TPSA) is 50.8 Å². The third kappa shape index (κ3) is 2.42. The summed E-state index contributed by atoms with van der Waals surface area (Å²) in [5.41, 5.74) is 1.74. The molecule has 130 valence electrons. The predicted molar refractivity (Wildman–Crippen MR) is 91.4 cm³/mol. The van der Waals surface area contributed by atoms with Gasteiger partial charge in [-0.25, -0.2) is 0 Å². The second-order valence-electron chi connectivity index (χ2n) is 7.64. The van der Waals surface area contributed by atoms with Gasteiger partial charge >= 0.3 is 0 Å². The molecule has 1 amide bonds. The van der Waals surface area contributed by atoms with Gasteiger partial charge in [0.1, 0.15) is 5.75 Å². The minimum absolute atomic E-state index is 0.0519. The Hall–Kier alpha value is -1.59. The Balaban J connectivity index is 1.45. The first-order valence-electron chi connectivity index (χ1n) is 8.81. The lowest BCUT2D eigenvalue weighted by Crippen LogP contribution is -2.42. The number of hydrogen-bond donors (Lipinski definition) is 1. The molecule has 3 saturated heterocycles. The van der Waals surface area contributed by atoms with Gasteiger partial charge in [-0.3, -0.25) is 4.79 Å². The number of nitrogens with zero attached hydrogens (tertiary/aromatic N) is 1. The molecule has 24 heavy (non-hydrogen) atoms. The number of carbonyl (C=O) groups excluding carboxylic acids is 1. The van der Waals surface area contributed by atoms with Crippen LogP contribution in [0.2, 0.25) is 0 Å². The molecule has 2 bridgehead atoms. The maximum atomic E-state index is 12.6. The minimum atomic E-state index is -0.0602.